The quantitative estimate of drug-likeness (QED) is 0.378. The number of Topliss-reactive ketones (excluding diaryl/α,β-unsaturated/α-hetero) is 2. The number of rotatable bonds is 10. The van der Waals surface area contributed by atoms with E-state index in [9.17, 15) is 24.0 Å². The van der Waals surface area contributed by atoms with Gasteiger partial charge in [0.2, 0.25) is 17.6 Å². The van der Waals surface area contributed by atoms with Crippen LogP contribution in [0.15, 0.2) is 0 Å². The topological polar surface area (TPSA) is 125 Å². The van der Waals surface area contributed by atoms with Gasteiger partial charge in [0.1, 0.15) is 0 Å². The van der Waals surface area contributed by atoms with E-state index in [0.29, 0.717) is 19.3 Å². The van der Waals surface area contributed by atoms with Crippen LogP contribution >= 0.6 is 23.5 Å². The van der Waals surface area contributed by atoms with Crippen molar-refractivity contribution in [3.63, 3.8) is 0 Å². The van der Waals surface area contributed by atoms with Crippen molar-refractivity contribution in [3.8, 4) is 0 Å². The highest BCUT2D eigenvalue weighted by atomic mass is 32.2. The number of hydrogen-bond donors (Lipinski definition) is 3. The molecule has 1 spiro atoms. The summed E-state index contributed by atoms with van der Waals surface area (Å²) in [5.41, 5.74) is 0. The summed E-state index contributed by atoms with van der Waals surface area (Å²) in [6.45, 7) is 5.13. The van der Waals surface area contributed by atoms with Gasteiger partial charge in [-0.2, -0.15) is 0 Å². The molecule has 2 saturated heterocycles. The van der Waals surface area contributed by atoms with Gasteiger partial charge in [0.15, 0.2) is 5.78 Å². The summed E-state index contributed by atoms with van der Waals surface area (Å²) < 4.78 is 0.0305. The Labute approximate surface area is 191 Å². The number of hydrogen-bond acceptors (Lipinski definition) is 8. The second-order valence-electron chi connectivity index (χ2n) is 8.04. The van der Waals surface area contributed by atoms with Crippen LogP contribution in [0.3, 0.4) is 0 Å². The summed E-state index contributed by atoms with van der Waals surface area (Å²) in [6.07, 6.45) is 1.64. The van der Waals surface area contributed by atoms with Crippen LogP contribution in [0.5, 0.6) is 0 Å². The zero-order chi connectivity index (χ0) is 23.2. The Kier molecular flexibility index (Phi) is 9.38. The number of carbonyl (C=O) groups is 5. The first-order valence-corrected chi connectivity index (χ1v) is 12.5. The molecule has 3 N–H and O–H groups in total. The van der Waals surface area contributed by atoms with Gasteiger partial charge in [0, 0.05) is 18.1 Å². The number of ketones is 2. The average molecular weight is 473 g/mol. The Hall–Kier alpha value is -1.59. The smallest absolute Gasteiger partial charge is 0.290 e. The Balaban J connectivity index is 1.90. The minimum atomic E-state index is -0.939. The van der Waals surface area contributed by atoms with Crippen LogP contribution in [0.25, 0.3) is 0 Å². The predicted octanol–water partition coefficient (Wildman–Crippen LogP) is -0.0693. The van der Waals surface area contributed by atoms with Crippen LogP contribution < -0.4 is 16.0 Å². The molecule has 0 radical (unpaired) electrons. The van der Waals surface area contributed by atoms with E-state index in [-0.39, 0.29) is 21.8 Å². The molecule has 11 heteroatoms. The third-order valence-electron chi connectivity index (χ3n) is 5.47. The molecule has 31 heavy (non-hydrogen) atoms. The zero-order valence-electron chi connectivity index (χ0n) is 18.5. The first-order valence-electron chi connectivity index (χ1n) is 10.5. The van der Waals surface area contributed by atoms with E-state index in [4.69, 9.17) is 0 Å². The molecule has 3 atom stereocenters. The van der Waals surface area contributed by atoms with Crippen molar-refractivity contribution in [2.75, 3.05) is 31.6 Å². The van der Waals surface area contributed by atoms with Crippen LogP contribution in [0.4, 0.5) is 0 Å². The van der Waals surface area contributed by atoms with Gasteiger partial charge in [0.05, 0.1) is 28.7 Å². The third kappa shape index (κ3) is 6.95. The molecule has 0 aliphatic carbocycles. The van der Waals surface area contributed by atoms with Crippen LogP contribution in [0.2, 0.25) is 0 Å². The second-order valence-corrected chi connectivity index (χ2v) is 11.3. The van der Waals surface area contributed by atoms with E-state index in [1.54, 1.807) is 0 Å². The van der Waals surface area contributed by atoms with Gasteiger partial charge in [-0.3, -0.25) is 28.9 Å². The lowest BCUT2D eigenvalue weighted by Crippen LogP contribution is -2.53. The van der Waals surface area contributed by atoms with E-state index >= 15 is 0 Å². The van der Waals surface area contributed by atoms with Crippen molar-refractivity contribution in [1.29, 1.82) is 0 Å². The van der Waals surface area contributed by atoms with E-state index in [2.05, 4.69) is 16.0 Å². The van der Waals surface area contributed by atoms with Crippen LogP contribution in [-0.4, -0.2) is 88.0 Å². The predicted molar refractivity (Wildman–Crippen MR) is 122 cm³/mol. The SMILES string of the molecule is CCCC(NC(=O)C1CC2(CN1C)SCCS2)C(=O)C(=O)NCC(=O)NC(C)C(C)=O. The summed E-state index contributed by atoms with van der Waals surface area (Å²) in [5, 5.41) is 7.47. The molecule has 2 fully saturated rings. The Morgan fingerprint density at radius 3 is 2.35 bits per heavy atom. The molecule has 174 valence electrons. The maximum atomic E-state index is 12.9. The number of nitrogens with zero attached hydrogens (tertiary/aromatic N) is 1. The van der Waals surface area contributed by atoms with Gasteiger partial charge in [-0.1, -0.05) is 13.3 Å². The van der Waals surface area contributed by atoms with E-state index in [1.165, 1.54) is 13.8 Å². The number of likely N-dealkylation sites (tertiary alicyclic amines) is 1. The first kappa shape index (κ1) is 25.7. The number of likely N-dealkylation sites (N-methyl/N-ethyl adjacent to an activating group) is 1. The van der Waals surface area contributed by atoms with E-state index in [0.717, 1.165) is 18.1 Å². The van der Waals surface area contributed by atoms with Crippen molar-refractivity contribution in [3.05, 3.63) is 0 Å². The van der Waals surface area contributed by atoms with Gasteiger partial charge in [0.25, 0.3) is 5.91 Å². The normalized spacial score (nSPS) is 22.0. The summed E-state index contributed by atoms with van der Waals surface area (Å²) in [7, 11) is 1.91. The van der Waals surface area contributed by atoms with E-state index in [1.807, 2.05) is 42.4 Å². The lowest BCUT2D eigenvalue weighted by Gasteiger charge is -2.22. The van der Waals surface area contributed by atoms with Gasteiger partial charge in [-0.05, 0) is 33.7 Å². The van der Waals surface area contributed by atoms with Gasteiger partial charge in [-0.25, -0.2) is 0 Å². The monoisotopic (exact) mass is 472 g/mol. The summed E-state index contributed by atoms with van der Waals surface area (Å²) >= 11 is 3.77. The zero-order valence-corrected chi connectivity index (χ0v) is 20.1. The van der Waals surface area contributed by atoms with Gasteiger partial charge in [-0.15, -0.1) is 23.5 Å². The minimum absolute atomic E-state index is 0.0305. The molecule has 0 aromatic rings. The molecular formula is C20H32N4O5S2. The highest BCUT2D eigenvalue weighted by molar-refractivity contribution is 8.21. The third-order valence-corrected chi connectivity index (χ3v) is 8.90. The molecule has 0 bridgehead atoms. The molecule has 9 nitrogen and oxygen atoms in total. The van der Waals surface area contributed by atoms with Crippen molar-refractivity contribution < 1.29 is 24.0 Å². The molecular weight excluding hydrogens is 440 g/mol. The Bertz CT molecular complexity index is 726. The number of carbonyl (C=O) groups excluding carboxylic acids is 5. The van der Waals surface area contributed by atoms with Gasteiger partial charge < -0.3 is 16.0 Å². The fourth-order valence-corrected chi connectivity index (χ4v) is 7.01. The minimum Gasteiger partial charge on any atom is -0.345 e. The Morgan fingerprint density at radius 1 is 1.13 bits per heavy atom. The highest BCUT2D eigenvalue weighted by Crippen LogP contribution is 2.51. The van der Waals surface area contributed by atoms with Crippen molar-refractivity contribution in [2.24, 2.45) is 0 Å². The molecule has 0 aromatic heterocycles. The highest BCUT2D eigenvalue weighted by Gasteiger charge is 2.48. The molecule has 0 aromatic carbocycles. The lowest BCUT2D eigenvalue weighted by molar-refractivity contribution is -0.141. The number of amides is 3. The van der Waals surface area contributed by atoms with E-state index < -0.39 is 36.2 Å². The summed E-state index contributed by atoms with van der Waals surface area (Å²) in [4.78, 5) is 62.8. The first-order chi connectivity index (χ1) is 14.6. The molecule has 2 aliphatic heterocycles. The fraction of sp³-hybridized carbons (Fsp3) is 0.750. The standard InChI is InChI=1S/C20H32N4O5S2/c1-5-6-14(17(27)19(29)21-10-16(26)22-12(2)13(3)25)23-18(28)15-9-20(11-24(15)4)30-7-8-31-20/h12,14-15H,5-11H2,1-4H3,(H,21,29)(H,22,26)(H,23,28). The summed E-state index contributed by atoms with van der Waals surface area (Å²) in [6, 6.07) is -1.95. The van der Waals surface area contributed by atoms with Crippen LogP contribution in [0.1, 0.15) is 40.0 Å². The molecule has 0 saturated carbocycles. The van der Waals surface area contributed by atoms with Crippen molar-refractivity contribution in [2.45, 2.75) is 62.2 Å². The lowest BCUT2D eigenvalue weighted by atomic mass is 10.1. The largest absolute Gasteiger partial charge is 0.345 e. The summed E-state index contributed by atoms with van der Waals surface area (Å²) in [5.74, 6) is -0.588. The van der Waals surface area contributed by atoms with Crippen LogP contribution in [0, 0.1) is 0 Å². The maximum Gasteiger partial charge on any atom is 0.290 e. The number of nitrogens with one attached hydrogen (secondary N) is 3. The molecule has 2 rings (SSSR count). The van der Waals surface area contributed by atoms with Crippen molar-refractivity contribution in [1.82, 2.24) is 20.9 Å². The molecule has 2 aliphatic rings. The number of thioether (sulfide) groups is 2. The molecule has 3 amide bonds. The average Bonchev–Trinajstić information content (AvgIpc) is 3.30. The maximum absolute atomic E-state index is 12.9. The fourth-order valence-electron chi connectivity index (χ4n) is 3.63. The Morgan fingerprint density at radius 2 is 1.77 bits per heavy atom. The van der Waals surface area contributed by atoms with Crippen molar-refractivity contribution >= 4 is 52.8 Å². The molecule has 2 heterocycles. The molecule has 3 unspecified atom stereocenters. The van der Waals surface area contributed by atoms with Crippen LogP contribution in [-0.2, 0) is 24.0 Å². The second kappa shape index (κ2) is 11.3. The van der Waals surface area contributed by atoms with Gasteiger partial charge >= 0.3 is 0 Å².